The highest BCUT2D eigenvalue weighted by molar-refractivity contribution is 5.99. The van der Waals surface area contributed by atoms with Crippen molar-refractivity contribution in [2.75, 3.05) is 13.9 Å². The second-order valence-corrected chi connectivity index (χ2v) is 6.33. The number of benzene rings is 2. The molecule has 1 aliphatic heterocycles. The number of methoxy groups -OCH3 is 1. The standard InChI is InChI=1S/C21H18N2O5/c1-26-21(25)17(15-4-7-19-20(10-15)28-13-27-19)11-18(24)14-2-5-16(6-3-14)23-9-8-22-12-23/h2-10,12,17H,11,13H2,1H3. The Hall–Kier alpha value is -3.61. The fraction of sp³-hybridized carbons (Fsp3) is 0.190. The van der Waals surface area contributed by atoms with Gasteiger partial charge in [-0.25, -0.2) is 4.98 Å². The number of Topliss-reactive ketones (excluding diaryl/α,β-unsaturated/α-hetero) is 1. The molecule has 0 saturated heterocycles. The molecule has 3 aromatic rings. The minimum absolute atomic E-state index is 0.00323. The summed E-state index contributed by atoms with van der Waals surface area (Å²) >= 11 is 0. The van der Waals surface area contributed by atoms with Gasteiger partial charge in [-0.1, -0.05) is 6.07 Å². The largest absolute Gasteiger partial charge is 0.469 e. The van der Waals surface area contributed by atoms with Crippen LogP contribution in [0.4, 0.5) is 0 Å². The van der Waals surface area contributed by atoms with Crippen LogP contribution in [0.2, 0.25) is 0 Å². The Bertz CT molecular complexity index is 996. The van der Waals surface area contributed by atoms with Crippen LogP contribution in [0.15, 0.2) is 61.2 Å². The highest BCUT2D eigenvalue weighted by Crippen LogP contribution is 2.36. The van der Waals surface area contributed by atoms with Crippen LogP contribution in [-0.4, -0.2) is 35.2 Å². The van der Waals surface area contributed by atoms with Crippen molar-refractivity contribution < 1.29 is 23.8 Å². The zero-order valence-electron chi connectivity index (χ0n) is 15.2. The average molecular weight is 378 g/mol. The first-order valence-electron chi connectivity index (χ1n) is 8.74. The molecule has 0 N–H and O–H groups in total. The van der Waals surface area contributed by atoms with Crippen LogP contribution in [0.25, 0.3) is 5.69 Å². The SMILES string of the molecule is COC(=O)C(CC(=O)c1ccc(-n2ccnc2)cc1)c1ccc2c(c1)OCO2. The second-order valence-electron chi connectivity index (χ2n) is 6.33. The predicted molar refractivity (Wildman–Crippen MR) is 99.8 cm³/mol. The number of ether oxygens (including phenoxy) is 3. The van der Waals surface area contributed by atoms with Gasteiger partial charge in [0.05, 0.1) is 19.4 Å². The molecule has 0 spiro atoms. The molecule has 0 fully saturated rings. The maximum absolute atomic E-state index is 12.8. The van der Waals surface area contributed by atoms with E-state index >= 15 is 0 Å². The summed E-state index contributed by atoms with van der Waals surface area (Å²) in [5.74, 6) is -0.162. The zero-order chi connectivity index (χ0) is 19.5. The maximum atomic E-state index is 12.8. The third-order valence-electron chi connectivity index (χ3n) is 4.67. The van der Waals surface area contributed by atoms with Crippen LogP contribution < -0.4 is 9.47 Å². The quantitative estimate of drug-likeness (QED) is 0.484. The number of carbonyl (C=O) groups is 2. The van der Waals surface area contributed by atoms with Gasteiger partial charge in [-0.05, 0) is 42.0 Å². The van der Waals surface area contributed by atoms with E-state index in [1.54, 1.807) is 42.9 Å². The Morgan fingerprint density at radius 3 is 2.64 bits per heavy atom. The molecule has 2 heterocycles. The minimum Gasteiger partial charge on any atom is -0.469 e. The fourth-order valence-corrected chi connectivity index (χ4v) is 3.14. The first kappa shape index (κ1) is 17.8. The lowest BCUT2D eigenvalue weighted by atomic mass is 9.91. The monoisotopic (exact) mass is 378 g/mol. The van der Waals surface area contributed by atoms with Crippen LogP contribution >= 0.6 is 0 Å². The molecule has 1 unspecified atom stereocenters. The molecule has 2 aromatic carbocycles. The number of rotatable bonds is 6. The van der Waals surface area contributed by atoms with Crippen molar-refractivity contribution in [1.82, 2.24) is 9.55 Å². The first-order valence-corrected chi connectivity index (χ1v) is 8.74. The highest BCUT2D eigenvalue weighted by atomic mass is 16.7. The van der Waals surface area contributed by atoms with E-state index in [1.165, 1.54) is 7.11 Å². The minimum atomic E-state index is -0.722. The molecule has 7 nitrogen and oxygen atoms in total. The van der Waals surface area contributed by atoms with Crippen molar-refractivity contribution in [1.29, 1.82) is 0 Å². The summed E-state index contributed by atoms with van der Waals surface area (Å²) in [4.78, 5) is 29.1. The van der Waals surface area contributed by atoms with Gasteiger partial charge in [-0.2, -0.15) is 0 Å². The van der Waals surface area contributed by atoms with Crippen molar-refractivity contribution in [3.63, 3.8) is 0 Å². The Morgan fingerprint density at radius 1 is 1.14 bits per heavy atom. The van der Waals surface area contributed by atoms with Gasteiger partial charge >= 0.3 is 5.97 Å². The van der Waals surface area contributed by atoms with Crippen LogP contribution in [0.1, 0.15) is 28.3 Å². The van der Waals surface area contributed by atoms with Gasteiger partial charge < -0.3 is 18.8 Å². The van der Waals surface area contributed by atoms with E-state index in [2.05, 4.69) is 4.98 Å². The second kappa shape index (κ2) is 7.56. The number of imidazole rings is 1. The molecular weight excluding hydrogens is 360 g/mol. The number of carbonyl (C=O) groups excluding carboxylic acids is 2. The molecule has 0 bridgehead atoms. The van der Waals surface area contributed by atoms with E-state index in [9.17, 15) is 9.59 Å². The van der Waals surface area contributed by atoms with Crippen LogP contribution in [-0.2, 0) is 9.53 Å². The Balaban J connectivity index is 1.55. The molecule has 1 aromatic heterocycles. The maximum Gasteiger partial charge on any atom is 0.313 e. The lowest BCUT2D eigenvalue weighted by Gasteiger charge is -2.15. The zero-order valence-corrected chi connectivity index (χ0v) is 15.2. The van der Waals surface area contributed by atoms with Crippen molar-refractivity contribution in [3.8, 4) is 17.2 Å². The van der Waals surface area contributed by atoms with Crippen LogP contribution in [0, 0.1) is 0 Å². The van der Waals surface area contributed by atoms with E-state index in [1.807, 2.05) is 22.9 Å². The van der Waals surface area contributed by atoms with Gasteiger partial charge in [-0.15, -0.1) is 0 Å². The summed E-state index contributed by atoms with van der Waals surface area (Å²) in [6, 6.07) is 12.4. The number of ketones is 1. The lowest BCUT2D eigenvalue weighted by Crippen LogP contribution is -2.18. The molecule has 0 radical (unpaired) electrons. The molecule has 0 amide bonds. The van der Waals surface area contributed by atoms with Crippen LogP contribution in [0.5, 0.6) is 11.5 Å². The molecule has 0 aliphatic carbocycles. The van der Waals surface area contributed by atoms with E-state index in [0.29, 0.717) is 22.6 Å². The average Bonchev–Trinajstić information content (AvgIpc) is 3.42. The summed E-state index contributed by atoms with van der Waals surface area (Å²) in [6.45, 7) is 0.143. The van der Waals surface area contributed by atoms with Gasteiger partial charge in [-0.3, -0.25) is 9.59 Å². The number of nitrogens with zero attached hydrogens (tertiary/aromatic N) is 2. The predicted octanol–water partition coefficient (Wildman–Crippen LogP) is 3.13. The van der Waals surface area contributed by atoms with Crippen molar-refractivity contribution >= 4 is 11.8 Å². The smallest absolute Gasteiger partial charge is 0.313 e. The third kappa shape index (κ3) is 3.46. The van der Waals surface area contributed by atoms with Crippen molar-refractivity contribution in [2.45, 2.75) is 12.3 Å². The van der Waals surface area contributed by atoms with E-state index in [4.69, 9.17) is 14.2 Å². The molecule has 7 heteroatoms. The van der Waals surface area contributed by atoms with Gasteiger partial charge in [0.2, 0.25) is 6.79 Å². The van der Waals surface area contributed by atoms with Gasteiger partial charge in [0.25, 0.3) is 0 Å². The molecule has 0 saturated carbocycles. The highest BCUT2D eigenvalue weighted by Gasteiger charge is 2.27. The van der Waals surface area contributed by atoms with Crippen molar-refractivity contribution in [2.24, 2.45) is 0 Å². The molecular formula is C21H18N2O5. The van der Waals surface area contributed by atoms with Gasteiger partial charge in [0, 0.05) is 30.1 Å². The molecule has 142 valence electrons. The van der Waals surface area contributed by atoms with E-state index < -0.39 is 11.9 Å². The topological polar surface area (TPSA) is 79.7 Å². The molecule has 1 atom stereocenters. The fourth-order valence-electron chi connectivity index (χ4n) is 3.14. The van der Waals surface area contributed by atoms with E-state index in [-0.39, 0.29) is 19.0 Å². The van der Waals surface area contributed by atoms with Crippen LogP contribution in [0.3, 0.4) is 0 Å². The third-order valence-corrected chi connectivity index (χ3v) is 4.67. The first-order chi connectivity index (χ1) is 13.7. The number of fused-ring (bicyclic) bond motifs is 1. The molecule has 28 heavy (non-hydrogen) atoms. The van der Waals surface area contributed by atoms with Gasteiger partial charge in [0.15, 0.2) is 17.3 Å². The molecule has 4 rings (SSSR count). The number of aromatic nitrogens is 2. The number of hydrogen-bond donors (Lipinski definition) is 0. The van der Waals surface area contributed by atoms with Crippen molar-refractivity contribution in [3.05, 3.63) is 72.3 Å². The summed E-state index contributed by atoms with van der Waals surface area (Å²) in [7, 11) is 1.31. The Morgan fingerprint density at radius 2 is 1.93 bits per heavy atom. The Labute approximate surface area is 161 Å². The summed E-state index contributed by atoms with van der Waals surface area (Å²) < 4.78 is 17.4. The van der Waals surface area contributed by atoms with E-state index in [0.717, 1.165) is 5.69 Å². The Kier molecular flexibility index (Phi) is 4.80. The molecule has 1 aliphatic rings. The summed E-state index contributed by atoms with van der Waals surface area (Å²) in [5, 5.41) is 0. The normalized spacial score (nSPS) is 13.2. The summed E-state index contributed by atoms with van der Waals surface area (Å²) in [6.07, 6.45) is 5.19. The summed E-state index contributed by atoms with van der Waals surface area (Å²) in [5.41, 5.74) is 2.08. The number of hydrogen-bond acceptors (Lipinski definition) is 6. The lowest BCUT2D eigenvalue weighted by molar-refractivity contribution is -0.142. The number of esters is 1. The van der Waals surface area contributed by atoms with Gasteiger partial charge in [0.1, 0.15) is 0 Å².